The number of nitrogens with one attached hydrogen (secondary N) is 1. The molecule has 0 aromatic carbocycles. The molecule has 0 saturated heterocycles. The Bertz CT molecular complexity index is 733. The summed E-state index contributed by atoms with van der Waals surface area (Å²) < 4.78 is 1.76. The Hall–Kier alpha value is -1.99. The van der Waals surface area contributed by atoms with Crippen LogP contribution in [0.1, 0.15) is 50.3 Å². The molecule has 134 valence electrons. The molecule has 0 bridgehead atoms. The number of aliphatic hydroxyl groups excluding tert-OH is 1. The van der Waals surface area contributed by atoms with Gasteiger partial charge in [-0.05, 0) is 50.5 Å². The van der Waals surface area contributed by atoms with Crippen molar-refractivity contribution in [2.24, 2.45) is 18.7 Å². The maximum absolute atomic E-state index is 10.6. The van der Waals surface area contributed by atoms with Gasteiger partial charge in [0.25, 0.3) is 0 Å². The van der Waals surface area contributed by atoms with E-state index in [1.165, 1.54) is 0 Å². The minimum absolute atomic E-state index is 0.326. The van der Waals surface area contributed by atoms with E-state index in [0.717, 1.165) is 55.5 Å². The van der Waals surface area contributed by atoms with Crippen LogP contribution in [-0.2, 0) is 7.05 Å². The summed E-state index contributed by atoms with van der Waals surface area (Å²) >= 11 is 0. The molecule has 7 heteroatoms. The fourth-order valence-electron chi connectivity index (χ4n) is 3.65. The molecule has 4 rings (SSSR count). The Morgan fingerprint density at radius 2 is 2.00 bits per heavy atom. The zero-order valence-corrected chi connectivity index (χ0v) is 14.6. The summed E-state index contributed by atoms with van der Waals surface area (Å²) in [6, 6.07) is 2.58. The molecule has 0 spiro atoms. The predicted molar refractivity (Wildman–Crippen MR) is 95.8 cm³/mol. The van der Waals surface area contributed by atoms with E-state index in [2.05, 4.69) is 20.4 Å². The van der Waals surface area contributed by atoms with Crippen molar-refractivity contribution >= 4 is 5.95 Å². The van der Waals surface area contributed by atoms with E-state index in [1.807, 2.05) is 13.1 Å². The predicted octanol–water partition coefficient (Wildman–Crippen LogP) is 2.00. The highest BCUT2D eigenvalue weighted by Gasteiger charge is 2.34. The molecule has 0 aliphatic heterocycles. The quantitative estimate of drug-likeness (QED) is 0.768. The zero-order chi connectivity index (χ0) is 17.4. The number of aliphatic hydroxyl groups is 1. The molecule has 2 aliphatic carbocycles. The summed E-state index contributed by atoms with van der Waals surface area (Å²) in [5, 5.41) is 18.4. The third kappa shape index (κ3) is 3.52. The summed E-state index contributed by atoms with van der Waals surface area (Å²) in [4.78, 5) is 9.04. The first-order chi connectivity index (χ1) is 12.1. The molecule has 2 fully saturated rings. The Labute approximate surface area is 147 Å². The van der Waals surface area contributed by atoms with Gasteiger partial charge in [0.2, 0.25) is 5.95 Å². The average molecular weight is 342 g/mol. The molecule has 0 radical (unpaired) electrons. The number of anilines is 1. The van der Waals surface area contributed by atoms with Crippen molar-refractivity contribution in [3.05, 3.63) is 24.2 Å². The standard InChI is InChI=1S/C18H26N6O/c1-24-16(17(25)11-2-3-11)14(10-21-24)15-8-9-20-18(23-15)22-13-6-4-12(19)5-7-13/h8-13,17,25H,2-7,19H2,1H3,(H,20,22,23)/t12-,13-,17?. The lowest BCUT2D eigenvalue weighted by Gasteiger charge is -2.26. The van der Waals surface area contributed by atoms with Gasteiger partial charge in [-0.1, -0.05) is 0 Å². The van der Waals surface area contributed by atoms with Crippen LogP contribution in [0.5, 0.6) is 0 Å². The van der Waals surface area contributed by atoms with E-state index in [1.54, 1.807) is 17.1 Å². The summed E-state index contributed by atoms with van der Waals surface area (Å²) in [5.74, 6) is 0.980. The van der Waals surface area contributed by atoms with Crippen LogP contribution in [0, 0.1) is 5.92 Å². The molecular weight excluding hydrogens is 316 g/mol. The first-order valence-corrected chi connectivity index (χ1v) is 9.17. The largest absolute Gasteiger partial charge is 0.387 e. The highest BCUT2D eigenvalue weighted by Crippen LogP contribution is 2.43. The van der Waals surface area contributed by atoms with Crippen LogP contribution < -0.4 is 11.1 Å². The van der Waals surface area contributed by atoms with Crippen LogP contribution in [0.2, 0.25) is 0 Å². The normalized spacial score (nSPS) is 24.9. The van der Waals surface area contributed by atoms with Gasteiger partial charge >= 0.3 is 0 Å². The summed E-state index contributed by atoms with van der Waals surface area (Å²) in [5.41, 5.74) is 8.50. The smallest absolute Gasteiger partial charge is 0.223 e. The van der Waals surface area contributed by atoms with Gasteiger partial charge in [0.1, 0.15) is 0 Å². The van der Waals surface area contributed by atoms with Gasteiger partial charge in [-0.2, -0.15) is 5.10 Å². The Kier molecular flexibility index (Phi) is 4.43. The molecule has 2 aromatic rings. The SMILES string of the molecule is Cn1ncc(-c2ccnc(N[C@H]3CC[C@H](N)CC3)n2)c1C(O)C1CC1. The molecule has 2 heterocycles. The lowest BCUT2D eigenvalue weighted by molar-refractivity contribution is 0.145. The average Bonchev–Trinajstić information content (AvgIpc) is 3.39. The van der Waals surface area contributed by atoms with Crippen LogP contribution in [0.15, 0.2) is 18.5 Å². The molecule has 4 N–H and O–H groups in total. The molecule has 1 atom stereocenters. The van der Waals surface area contributed by atoms with E-state index in [9.17, 15) is 5.11 Å². The van der Waals surface area contributed by atoms with Crippen molar-refractivity contribution in [2.75, 3.05) is 5.32 Å². The van der Waals surface area contributed by atoms with Crippen LogP contribution >= 0.6 is 0 Å². The molecule has 2 aromatic heterocycles. The second kappa shape index (κ2) is 6.72. The monoisotopic (exact) mass is 342 g/mol. The van der Waals surface area contributed by atoms with Crippen LogP contribution in [0.3, 0.4) is 0 Å². The summed E-state index contributed by atoms with van der Waals surface area (Å²) in [7, 11) is 1.87. The lowest BCUT2D eigenvalue weighted by atomic mass is 9.92. The molecule has 0 amide bonds. The molecular formula is C18H26N6O. The van der Waals surface area contributed by atoms with E-state index in [-0.39, 0.29) is 0 Å². The number of rotatable bonds is 5. The lowest BCUT2D eigenvalue weighted by Crippen LogP contribution is -2.33. The maximum atomic E-state index is 10.6. The molecule has 7 nitrogen and oxygen atoms in total. The molecule has 2 saturated carbocycles. The number of hydrogen-bond donors (Lipinski definition) is 3. The highest BCUT2D eigenvalue weighted by atomic mass is 16.3. The number of nitrogens with two attached hydrogens (primary N) is 1. The van der Waals surface area contributed by atoms with Gasteiger partial charge in [-0.15, -0.1) is 0 Å². The van der Waals surface area contributed by atoms with Gasteiger partial charge in [0.05, 0.1) is 23.7 Å². The van der Waals surface area contributed by atoms with Crippen molar-refractivity contribution < 1.29 is 5.11 Å². The first kappa shape index (κ1) is 16.5. The topological polar surface area (TPSA) is 102 Å². The van der Waals surface area contributed by atoms with Crippen molar-refractivity contribution in [1.82, 2.24) is 19.7 Å². The second-order valence-electron chi connectivity index (χ2n) is 7.37. The minimum atomic E-state index is -0.478. The number of aromatic nitrogens is 4. The summed E-state index contributed by atoms with van der Waals surface area (Å²) in [6.45, 7) is 0. The molecule has 25 heavy (non-hydrogen) atoms. The minimum Gasteiger partial charge on any atom is -0.387 e. The maximum Gasteiger partial charge on any atom is 0.223 e. The van der Waals surface area contributed by atoms with Gasteiger partial charge in [-0.25, -0.2) is 9.97 Å². The van der Waals surface area contributed by atoms with Gasteiger partial charge < -0.3 is 16.2 Å². The molecule has 1 unspecified atom stereocenters. The Morgan fingerprint density at radius 1 is 1.24 bits per heavy atom. The zero-order valence-electron chi connectivity index (χ0n) is 14.6. The number of nitrogens with zero attached hydrogens (tertiary/aromatic N) is 4. The van der Waals surface area contributed by atoms with Gasteiger partial charge in [-0.3, -0.25) is 4.68 Å². The van der Waals surface area contributed by atoms with E-state index < -0.39 is 6.10 Å². The van der Waals surface area contributed by atoms with Crippen LogP contribution in [0.25, 0.3) is 11.3 Å². The van der Waals surface area contributed by atoms with Crippen molar-refractivity contribution in [2.45, 2.75) is 56.7 Å². The van der Waals surface area contributed by atoms with E-state index in [4.69, 9.17) is 5.73 Å². The van der Waals surface area contributed by atoms with Gasteiger partial charge in [0, 0.05) is 30.9 Å². The van der Waals surface area contributed by atoms with E-state index in [0.29, 0.717) is 23.9 Å². The van der Waals surface area contributed by atoms with Crippen molar-refractivity contribution in [3.63, 3.8) is 0 Å². The number of hydrogen-bond acceptors (Lipinski definition) is 6. The van der Waals surface area contributed by atoms with Crippen molar-refractivity contribution in [3.8, 4) is 11.3 Å². The summed E-state index contributed by atoms with van der Waals surface area (Å²) in [6.07, 6.45) is 9.40. The second-order valence-corrected chi connectivity index (χ2v) is 7.37. The fourth-order valence-corrected chi connectivity index (χ4v) is 3.65. The Morgan fingerprint density at radius 3 is 2.72 bits per heavy atom. The first-order valence-electron chi connectivity index (χ1n) is 9.17. The van der Waals surface area contributed by atoms with Crippen molar-refractivity contribution in [1.29, 1.82) is 0 Å². The highest BCUT2D eigenvalue weighted by molar-refractivity contribution is 5.63. The van der Waals surface area contributed by atoms with E-state index >= 15 is 0 Å². The van der Waals surface area contributed by atoms with Crippen LogP contribution in [-0.4, -0.2) is 36.9 Å². The van der Waals surface area contributed by atoms with Gasteiger partial charge in [0.15, 0.2) is 0 Å². The fraction of sp³-hybridized carbons (Fsp3) is 0.611. The third-order valence-corrected chi connectivity index (χ3v) is 5.37. The molecule has 2 aliphatic rings. The Balaban J connectivity index is 1.55. The van der Waals surface area contributed by atoms with Crippen LogP contribution in [0.4, 0.5) is 5.95 Å². The number of aryl methyl sites for hydroxylation is 1. The third-order valence-electron chi connectivity index (χ3n) is 5.37.